The first kappa shape index (κ1) is 11.3. The van der Waals surface area contributed by atoms with E-state index in [1.54, 1.807) is 0 Å². The predicted octanol–water partition coefficient (Wildman–Crippen LogP) is 1.93. The third-order valence-electron chi connectivity index (χ3n) is 3.36. The highest BCUT2D eigenvalue weighted by Gasteiger charge is 2.22. The number of nitrogens with two attached hydrogens (primary N) is 1. The summed E-state index contributed by atoms with van der Waals surface area (Å²) in [5, 5.41) is 0. The molecule has 4 heteroatoms. The van der Waals surface area contributed by atoms with Crippen molar-refractivity contribution >= 4 is 17.6 Å². The molecule has 2 fully saturated rings. The Morgan fingerprint density at radius 3 is 2.60 bits per heavy atom. The van der Waals surface area contributed by atoms with Crippen LogP contribution in [0.15, 0.2) is 4.99 Å². The van der Waals surface area contributed by atoms with Gasteiger partial charge >= 0.3 is 0 Å². The minimum absolute atomic E-state index is 0.537. The van der Waals surface area contributed by atoms with Crippen molar-refractivity contribution in [2.45, 2.75) is 44.6 Å². The van der Waals surface area contributed by atoms with Crippen LogP contribution in [0.5, 0.6) is 0 Å². The van der Waals surface area contributed by atoms with E-state index >= 15 is 0 Å². The van der Waals surface area contributed by atoms with Gasteiger partial charge in [0.2, 0.25) is 0 Å². The molecule has 2 rings (SSSR count). The monoisotopic (exact) mass is 227 g/mol. The van der Waals surface area contributed by atoms with Gasteiger partial charge in [0, 0.05) is 11.7 Å². The van der Waals surface area contributed by atoms with Gasteiger partial charge in [-0.25, -0.2) is 5.84 Å². The van der Waals surface area contributed by atoms with Crippen molar-refractivity contribution in [2.24, 2.45) is 16.8 Å². The van der Waals surface area contributed by atoms with Gasteiger partial charge in [0.15, 0.2) is 0 Å². The van der Waals surface area contributed by atoms with Crippen LogP contribution < -0.4 is 11.3 Å². The zero-order valence-electron chi connectivity index (χ0n) is 9.24. The van der Waals surface area contributed by atoms with E-state index in [4.69, 9.17) is 10.8 Å². The Bertz CT molecular complexity index is 218. The molecule has 2 aliphatic rings. The van der Waals surface area contributed by atoms with Crippen molar-refractivity contribution in [3.8, 4) is 0 Å². The lowest BCUT2D eigenvalue weighted by molar-refractivity contribution is 0.440. The van der Waals surface area contributed by atoms with Crippen LogP contribution in [0.2, 0.25) is 0 Å². The van der Waals surface area contributed by atoms with Crippen molar-refractivity contribution < 1.29 is 0 Å². The molecule has 0 aromatic heterocycles. The number of hydrazine groups is 1. The molecule has 86 valence electrons. The molecule has 1 aliphatic carbocycles. The smallest absolute Gasteiger partial charge is 0.115 e. The minimum Gasteiger partial charge on any atom is -0.312 e. The molecule has 3 N–H and O–H groups in total. The first-order valence-corrected chi connectivity index (χ1v) is 7.17. The van der Waals surface area contributed by atoms with Crippen molar-refractivity contribution in [1.29, 1.82) is 0 Å². The number of hydrogen-bond donors (Lipinski definition) is 2. The second-order valence-electron chi connectivity index (χ2n) is 4.51. The summed E-state index contributed by atoms with van der Waals surface area (Å²) in [6, 6.07) is 0.537. The molecule has 0 spiro atoms. The predicted molar refractivity (Wildman–Crippen MR) is 67.1 cm³/mol. The SMILES string of the molecule is NNC(=NC1CCCCC1)C1CCSC1. The zero-order valence-corrected chi connectivity index (χ0v) is 10.1. The summed E-state index contributed by atoms with van der Waals surface area (Å²) in [5.41, 5.74) is 2.83. The first-order chi connectivity index (χ1) is 7.40. The van der Waals surface area contributed by atoms with Crippen LogP contribution in [-0.4, -0.2) is 23.4 Å². The lowest BCUT2D eigenvalue weighted by Crippen LogP contribution is -2.37. The summed E-state index contributed by atoms with van der Waals surface area (Å²) in [4.78, 5) is 4.80. The molecule has 15 heavy (non-hydrogen) atoms. The molecular formula is C11H21N3S. The van der Waals surface area contributed by atoms with Crippen molar-refractivity contribution in [3.05, 3.63) is 0 Å². The fourth-order valence-electron chi connectivity index (χ4n) is 2.42. The third kappa shape index (κ3) is 3.11. The van der Waals surface area contributed by atoms with E-state index < -0.39 is 0 Å². The minimum atomic E-state index is 0.537. The van der Waals surface area contributed by atoms with Crippen molar-refractivity contribution in [1.82, 2.24) is 5.43 Å². The van der Waals surface area contributed by atoms with Gasteiger partial charge in [0.05, 0.1) is 6.04 Å². The molecule has 0 amide bonds. The normalized spacial score (nSPS) is 29.4. The van der Waals surface area contributed by atoms with Gasteiger partial charge < -0.3 is 5.43 Å². The molecule has 0 aromatic rings. The zero-order chi connectivity index (χ0) is 10.5. The first-order valence-electron chi connectivity index (χ1n) is 6.02. The van der Waals surface area contributed by atoms with Gasteiger partial charge in [-0.3, -0.25) is 4.99 Å². The second-order valence-corrected chi connectivity index (χ2v) is 5.66. The largest absolute Gasteiger partial charge is 0.312 e. The summed E-state index contributed by atoms with van der Waals surface area (Å²) in [7, 11) is 0. The quantitative estimate of drug-likeness (QED) is 0.328. The van der Waals surface area contributed by atoms with Crippen molar-refractivity contribution in [2.75, 3.05) is 11.5 Å². The average Bonchev–Trinajstić information content (AvgIpc) is 2.81. The summed E-state index contributed by atoms with van der Waals surface area (Å²) in [6.07, 6.45) is 7.81. The molecule has 0 bridgehead atoms. The highest BCUT2D eigenvalue weighted by atomic mass is 32.2. The van der Waals surface area contributed by atoms with Crippen LogP contribution in [0.4, 0.5) is 0 Å². The Morgan fingerprint density at radius 1 is 1.20 bits per heavy atom. The van der Waals surface area contributed by atoms with Gasteiger partial charge in [-0.15, -0.1) is 0 Å². The second kappa shape index (κ2) is 5.75. The Kier molecular flexibility index (Phi) is 4.32. The Hall–Kier alpha value is -0.220. The maximum Gasteiger partial charge on any atom is 0.115 e. The van der Waals surface area contributed by atoms with Crippen LogP contribution in [0.1, 0.15) is 38.5 Å². The standard InChI is InChI=1S/C11H21N3S/c12-14-11(9-6-7-15-8-9)13-10-4-2-1-3-5-10/h9-10H,1-8,12H2,(H,13,14). The number of rotatable bonds is 2. The molecule has 1 unspecified atom stereocenters. The molecule has 1 saturated carbocycles. The number of amidine groups is 1. The van der Waals surface area contributed by atoms with Gasteiger partial charge in [0.25, 0.3) is 0 Å². The van der Waals surface area contributed by atoms with Crippen LogP contribution >= 0.6 is 11.8 Å². The molecule has 0 aromatic carbocycles. The van der Waals surface area contributed by atoms with Crippen LogP contribution in [0, 0.1) is 5.92 Å². The third-order valence-corrected chi connectivity index (χ3v) is 4.52. The number of nitrogens with zero attached hydrogens (tertiary/aromatic N) is 1. The molecule has 1 aliphatic heterocycles. The van der Waals surface area contributed by atoms with E-state index in [0.29, 0.717) is 12.0 Å². The van der Waals surface area contributed by atoms with E-state index in [0.717, 1.165) is 5.84 Å². The van der Waals surface area contributed by atoms with Gasteiger partial charge in [-0.1, -0.05) is 19.3 Å². The topological polar surface area (TPSA) is 50.4 Å². The summed E-state index contributed by atoms with van der Waals surface area (Å²) >= 11 is 2.01. The number of thioether (sulfide) groups is 1. The molecule has 1 heterocycles. The van der Waals surface area contributed by atoms with Crippen LogP contribution in [0.25, 0.3) is 0 Å². The summed E-state index contributed by atoms with van der Waals surface area (Å²) in [6.45, 7) is 0. The lowest BCUT2D eigenvalue weighted by Gasteiger charge is -2.21. The van der Waals surface area contributed by atoms with E-state index in [2.05, 4.69) is 5.43 Å². The van der Waals surface area contributed by atoms with Crippen LogP contribution in [0.3, 0.4) is 0 Å². The van der Waals surface area contributed by atoms with E-state index in [1.807, 2.05) is 11.8 Å². The Labute approximate surface area is 96.3 Å². The Morgan fingerprint density at radius 2 is 2.00 bits per heavy atom. The summed E-state index contributed by atoms with van der Waals surface area (Å²) in [5.74, 6) is 9.68. The molecule has 1 saturated heterocycles. The highest BCUT2D eigenvalue weighted by Crippen LogP contribution is 2.26. The van der Waals surface area contributed by atoms with Gasteiger partial charge in [-0.05, 0) is 25.0 Å². The molecule has 0 radical (unpaired) electrons. The summed E-state index contributed by atoms with van der Waals surface area (Å²) < 4.78 is 0. The van der Waals surface area contributed by atoms with E-state index in [9.17, 15) is 0 Å². The Balaban J connectivity index is 1.93. The van der Waals surface area contributed by atoms with Gasteiger partial charge in [0.1, 0.15) is 5.84 Å². The highest BCUT2D eigenvalue weighted by molar-refractivity contribution is 7.99. The number of aliphatic imine (C=N–C) groups is 1. The maximum absolute atomic E-state index is 5.58. The molecule has 3 nitrogen and oxygen atoms in total. The number of hydrogen-bond acceptors (Lipinski definition) is 3. The fourth-order valence-corrected chi connectivity index (χ4v) is 3.64. The van der Waals surface area contributed by atoms with Crippen LogP contribution in [-0.2, 0) is 0 Å². The molecule has 1 atom stereocenters. The maximum atomic E-state index is 5.58. The van der Waals surface area contributed by atoms with E-state index in [1.165, 1.54) is 50.0 Å². The van der Waals surface area contributed by atoms with Crippen molar-refractivity contribution in [3.63, 3.8) is 0 Å². The average molecular weight is 227 g/mol. The fraction of sp³-hybridized carbons (Fsp3) is 0.909. The molecular weight excluding hydrogens is 206 g/mol. The number of nitrogens with one attached hydrogen (secondary N) is 1. The lowest BCUT2D eigenvalue weighted by atomic mass is 9.95. The van der Waals surface area contributed by atoms with Gasteiger partial charge in [-0.2, -0.15) is 11.8 Å². The van der Waals surface area contributed by atoms with E-state index in [-0.39, 0.29) is 0 Å².